The average Bonchev–Trinajstić information content (AvgIpc) is 1.63. The quantitative estimate of drug-likeness (QED) is 0.00876. The molecule has 0 atom stereocenters. The molecule has 6 heterocycles. The zero-order valence-corrected chi connectivity index (χ0v) is 80.4. The second kappa shape index (κ2) is 57.1. The summed E-state index contributed by atoms with van der Waals surface area (Å²) in [7, 11) is 0. The fourth-order valence-corrected chi connectivity index (χ4v) is 14.0. The maximum Gasteiger partial charge on any atom is 1.00 e. The molecule has 2 amide bonds. The van der Waals surface area contributed by atoms with E-state index >= 15 is 0 Å². The number of hydrogen-bond acceptors (Lipinski definition) is 25. The van der Waals surface area contributed by atoms with Crippen LogP contribution in [0.15, 0.2) is 258 Å². The Hall–Kier alpha value is -11.5. The van der Waals surface area contributed by atoms with E-state index in [2.05, 4.69) is 178 Å². The Balaban J connectivity index is 0.000000492. The Morgan fingerprint density at radius 2 is 0.816 bits per heavy atom. The van der Waals surface area contributed by atoms with Crippen LogP contribution in [0.4, 0.5) is 17.1 Å². The second-order valence-electron chi connectivity index (χ2n) is 24.3. The van der Waals surface area contributed by atoms with Crippen molar-refractivity contribution in [2.75, 3.05) is 5.73 Å². The molecule has 0 fully saturated rings. The van der Waals surface area contributed by atoms with Gasteiger partial charge in [0.25, 0.3) is 17.5 Å². The first kappa shape index (κ1) is 108. The molecule has 0 aliphatic carbocycles. The molecule has 0 saturated carbocycles. The number of pyridine rings is 4. The number of nitrogens with two attached hydrogens (primary N) is 2. The number of halogens is 8. The van der Waals surface area contributed by atoms with Gasteiger partial charge >= 0.3 is 57.1 Å². The third kappa shape index (κ3) is 33.2. The molecule has 1 aliphatic rings. The number of carbonyl (C=O) groups is 2. The molecule has 125 heavy (non-hydrogen) atoms. The number of rotatable bonds is 16. The molecule has 5 aromatic heterocycles. The van der Waals surface area contributed by atoms with Crippen molar-refractivity contribution >= 4 is 176 Å². The van der Waals surface area contributed by atoms with E-state index in [4.69, 9.17) is 65.7 Å². The van der Waals surface area contributed by atoms with Gasteiger partial charge in [-0.25, -0.2) is 37.8 Å². The largest absolute Gasteiger partial charge is 1.00 e. The summed E-state index contributed by atoms with van der Waals surface area (Å²) < 4.78 is 6.40. The molecule has 11 N–H and O–H groups in total. The van der Waals surface area contributed by atoms with Crippen LogP contribution < -0.4 is 69.0 Å². The number of benzene rings is 8. The molecule has 13 aromatic rings. The maximum atomic E-state index is 12.3. The Bertz CT molecular complexity index is 6100. The number of fused-ring (bicyclic) bond motifs is 2. The van der Waals surface area contributed by atoms with Gasteiger partial charge in [-0.05, 0) is 282 Å². The van der Waals surface area contributed by atoms with Crippen molar-refractivity contribution in [2.24, 2.45) is 5.73 Å². The summed E-state index contributed by atoms with van der Waals surface area (Å²) in [4.78, 5) is 82.0. The summed E-state index contributed by atoms with van der Waals surface area (Å²) in [6.45, 7) is 1.26. The maximum absolute atomic E-state index is 12.3. The van der Waals surface area contributed by atoms with E-state index in [1.807, 2.05) is 91.0 Å². The summed E-state index contributed by atoms with van der Waals surface area (Å²) in [5.41, 5.74) is 36.0. The van der Waals surface area contributed by atoms with E-state index in [9.17, 15) is 39.4 Å². The number of imide groups is 1. The molecule has 0 unspecified atom stereocenters. The molecule has 0 spiro atoms. The van der Waals surface area contributed by atoms with Crippen LogP contribution in [-0.2, 0) is 60.2 Å². The fraction of sp³-hybridized carbons (Fsp3) is 0.0930. The van der Waals surface area contributed by atoms with Crippen molar-refractivity contribution in [3.05, 3.63) is 384 Å². The molecule has 8 aromatic carbocycles. The number of nitro groups is 2. The smallest absolute Gasteiger partial charge is 0.412 e. The number of nitrogens with zero attached hydrogens (tertiary/aromatic N) is 16. The number of aromatic nitrogens is 7. The first-order valence-electron chi connectivity index (χ1n) is 35.0. The van der Waals surface area contributed by atoms with Gasteiger partial charge in [-0.3, -0.25) is 55.8 Å². The van der Waals surface area contributed by atoms with Crippen LogP contribution >= 0.6 is 123 Å². The van der Waals surface area contributed by atoms with Gasteiger partial charge in [-0.1, -0.05) is 81.3 Å². The van der Waals surface area contributed by atoms with Crippen LogP contribution in [0.1, 0.15) is 111 Å². The van der Waals surface area contributed by atoms with Crippen molar-refractivity contribution in [2.45, 2.75) is 50.6 Å². The van der Waals surface area contributed by atoms with E-state index in [0.717, 1.165) is 96.5 Å². The summed E-state index contributed by atoms with van der Waals surface area (Å²) in [6, 6.07) is 71.9. The molecule has 0 bridgehead atoms. The number of aryl methyl sites for hydroxylation is 4. The van der Waals surface area contributed by atoms with Gasteiger partial charge in [0.2, 0.25) is 5.15 Å². The van der Waals surface area contributed by atoms with Gasteiger partial charge in [-0.15, -0.1) is 17.2 Å². The summed E-state index contributed by atoms with van der Waals surface area (Å²) >= 11 is 28.7. The Morgan fingerprint density at radius 1 is 0.464 bits per heavy atom. The van der Waals surface area contributed by atoms with Crippen LogP contribution in [0, 0.1) is 99.3 Å². The number of nitriles is 6. The van der Waals surface area contributed by atoms with Crippen molar-refractivity contribution < 1.29 is 87.3 Å². The summed E-state index contributed by atoms with van der Waals surface area (Å²) in [5.74, 6) is -0.563. The minimum absolute atomic E-state index is 0. The second-order valence-corrected chi connectivity index (χ2v) is 30.4. The summed E-state index contributed by atoms with van der Waals surface area (Å²) in [6.07, 6.45) is 12.4. The number of anilines is 1. The SMILES string of the molecule is N.N#Cc1ccc(CBr)cc1Br.N#Cc1ccc(CCc2ncccc2N)cc1Br.N#Cc1ccc(CCc2ncccc2[N+](=O)[O-])cc1Br.N#Cc1ccc(CN)cc1Br.N#Cc1ccc(CN2C(=O)c3ccccc3C2=O)cc1Br.N#Cc1ccc(Cn2nnc3cccnc32)cc1Br.N=N.O.O=[C-]c1ccccc1[C-]=O.O=[N+]([O-])c1cccnc1Cl.[HH].[K+]. The van der Waals surface area contributed by atoms with Gasteiger partial charge < -0.3 is 32.7 Å². The average molecular weight is 2170 g/mol. The molecular formula is C86H67Br7ClKN21O9-. The van der Waals surface area contributed by atoms with Crippen LogP contribution in [0.3, 0.4) is 0 Å². The van der Waals surface area contributed by atoms with Crippen LogP contribution in [0.25, 0.3) is 11.2 Å². The van der Waals surface area contributed by atoms with Gasteiger partial charge in [0.1, 0.15) is 47.6 Å². The molecule has 14 rings (SSSR count). The van der Waals surface area contributed by atoms with Crippen LogP contribution in [0.2, 0.25) is 5.15 Å². The minimum Gasteiger partial charge on any atom is -0.412 e. The van der Waals surface area contributed by atoms with Crippen molar-refractivity contribution in [3.8, 4) is 36.4 Å². The van der Waals surface area contributed by atoms with Crippen LogP contribution in [0.5, 0.6) is 0 Å². The molecule has 0 saturated heterocycles. The number of nitrogen functional groups attached to an aromatic ring is 1. The number of hydrogen-bond donors (Lipinski definition) is 5. The molecule has 1 aliphatic heterocycles. The van der Waals surface area contributed by atoms with Crippen LogP contribution in [-0.4, -0.2) is 79.5 Å². The van der Waals surface area contributed by atoms with Gasteiger partial charge in [0.05, 0.1) is 78.8 Å². The number of carbonyl (C=O) groups excluding carboxylic acids is 4. The number of amides is 2. The minimum atomic E-state index is -0.574. The molecule has 0 radical (unpaired) electrons. The Morgan fingerprint density at radius 3 is 1.22 bits per heavy atom. The zero-order chi connectivity index (χ0) is 89.2. The van der Waals surface area contributed by atoms with E-state index in [1.165, 1.54) is 41.4 Å². The van der Waals surface area contributed by atoms with Gasteiger partial charge in [-0.2, -0.15) is 31.6 Å². The van der Waals surface area contributed by atoms with E-state index in [0.29, 0.717) is 80.6 Å². The number of nitrogens with one attached hydrogen (secondary N) is 2. The van der Waals surface area contributed by atoms with Gasteiger partial charge in [0, 0.05) is 83.5 Å². The zero-order valence-electron chi connectivity index (χ0n) is 65.4. The molecule has 39 heteroatoms. The predicted octanol–water partition coefficient (Wildman–Crippen LogP) is 16.5. The van der Waals surface area contributed by atoms with E-state index in [-0.39, 0.29) is 110 Å². The standard InChI is InChI=1S/C16H9BrN2O2.C14H10BrN3O2.C14H12BrN3.C13H8BrN5.C8H5Br2N.C8H7BrN2.C8H4O2.C5H3ClN2O2.K.H2N2.H3N.H2O.H2/c17-14-7-10(5-6-11(14)8-18)9-19-15(20)12-3-1-2-4-13(12)16(19)21;15-12-8-10(3-5-11(12)9-16)4-6-13-14(18(19)20)2-1-7-17-13;15-12-8-10(3-5-11(12)9-16)4-6-14-13(17)2-1-7-18-14;14-11-6-9(3-4-10(11)7-15)8-19-13-12(17-18-19)2-1-5-16-13;9-4-6-1-2-7(5-11)8(10)3-6;9-8-3-6(4-10)1-2-7(8)5-11;9-5-7-3-1-2-4-8(7)6-10;6-5-4(8(9)10)2-1-3-7-5;;1-2;;;/h1-7H,9H2;1-3,5,7-8H,4,6H2;1-3,5,7-8H,4,6,17H2;1-6H,8H2;1-3H,4H2;1-3H,4,10H2;1-4H;1-3H;;1-2H;1H3;1H2;1H/q;;;;;;-2;;+1;;;;. The first-order valence-corrected chi connectivity index (χ1v) is 41.2. The van der Waals surface area contributed by atoms with Crippen molar-refractivity contribution in [1.29, 1.82) is 42.6 Å². The third-order valence-corrected chi connectivity index (χ3v) is 21.4. The first-order chi connectivity index (χ1) is 58.8. The fourth-order valence-electron chi connectivity index (χ4n) is 10.4. The molecule has 30 nitrogen and oxygen atoms in total. The monoisotopic (exact) mass is 2160 g/mol. The third-order valence-electron chi connectivity index (χ3n) is 16.5. The van der Waals surface area contributed by atoms with Gasteiger partial charge in [0.15, 0.2) is 5.65 Å². The predicted molar refractivity (Wildman–Crippen MR) is 491 cm³/mol. The topological polar surface area (TPSA) is 549 Å². The summed E-state index contributed by atoms with van der Waals surface area (Å²) in [5, 5.41) is 82.5. The van der Waals surface area contributed by atoms with Crippen molar-refractivity contribution in [3.63, 3.8) is 0 Å². The Labute approximate surface area is 824 Å². The normalized spacial score (nSPS) is 9.96. The molecular weight excluding hydrogens is 2100 g/mol. The number of alkyl halides is 1. The molecule has 628 valence electrons. The van der Waals surface area contributed by atoms with E-state index < -0.39 is 9.85 Å². The van der Waals surface area contributed by atoms with E-state index in [1.54, 1.807) is 121 Å². The Kier molecular flexibility index (Phi) is 49.2. The van der Waals surface area contributed by atoms with Crippen molar-refractivity contribution in [1.82, 2.24) is 46.0 Å².